The van der Waals surface area contributed by atoms with Crippen molar-refractivity contribution in [3.63, 3.8) is 0 Å². The smallest absolute Gasteiger partial charge is 0.172 e. The minimum atomic E-state index is 0.512. The summed E-state index contributed by atoms with van der Waals surface area (Å²) >= 11 is 0. The second kappa shape index (κ2) is 5.21. The van der Waals surface area contributed by atoms with Gasteiger partial charge in [0.05, 0.1) is 5.69 Å². The van der Waals surface area contributed by atoms with Gasteiger partial charge in [0, 0.05) is 26.2 Å². The molecule has 0 spiro atoms. The van der Waals surface area contributed by atoms with Crippen LogP contribution in [0.25, 0.3) is 0 Å². The molecule has 0 atom stereocenters. The largest absolute Gasteiger partial charge is 0.385 e. The highest BCUT2D eigenvalue weighted by molar-refractivity contribution is 5.73. The Balaban J connectivity index is 1.97. The van der Waals surface area contributed by atoms with Gasteiger partial charge in [-0.25, -0.2) is 4.68 Å². The molecule has 1 saturated carbocycles. The number of aromatic nitrogens is 3. The number of aryl methyl sites for hydroxylation is 1. The van der Waals surface area contributed by atoms with Gasteiger partial charge in [-0.3, -0.25) is 4.79 Å². The van der Waals surface area contributed by atoms with E-state index in [0.717, 1.165) is 50.8 Å². The molecule has 5 nitrogen and oxygen atoms in total. The van der Waals surface area contributed by atoms with Crippen LogP contribution in [0.5, 0.6) is 0 Å². The molecule has 0 unspecified atom stereocenters. The van der Waals surface area contributed by atoms with Gasteiger partial charge in [-0.1, -0.05) is 5.21 Å². The van der Waals surface area contributed by atoms with Crippen molar-refractivity contribution in [1.82, 2.24) is 15.0 Å². The lowest BCUT2D eigenvalue weighted by atomic mass is 10.2. The van der Waals surface area contributed by atoms with Crippen LogP contribution in [0.15, 0.2) is 0 Å². The topological polar surface area (TPSA) is 57.0 Å². The monoisotopic (exact) mass is 223 g/mol. The third kappa shape index (κ3) is 2.47. The highest BCUT2D eigenvalue weighted by Gasteiger charge is 2.30. The van der Waals surface area contributed by atoms with Crippen LogP contribution in [0.1, 0.15) is 47.8 Å². The van der Waals surface area contributed by atoms with Gasteiger partial charge in [0.2, 0.25) is 0 Å². The first-order valence-electron chi connectivity index (χ1n) is 5.74. The SMILES string of the molecule is COCCCCn1nnc(C=O)c1C1CC1. The summed E-state index contributed by atoms with van der Waals surface area (Å²) in [7, 11) is 1.70. The van der Waals surface area contributed by atoms with Crippen molar-refractivity contribution in [3.05, 3.63) is 11.4 Å². The van der Waals surface area contributed by atoms with E-state index in [2.05, 4.69) is 10.3 Å². The zero-order valence-electron chi connectivity index (χ0n) is 9.56. The van der Waals surface area contributed by atoms with Crippen LogP contribution in [0.2, 0.25) is 0 Å². The summed E-state index contributed by atoms with van der Waals surface area (Å²) in [5.41, 5.74) is 1.56. The van der Waals surface area contributed by atoms with E-state index in [-0.39, 0.29) is 0 Å². The molecule has 0 amide bonds. The lowest BCUT2D eigenvalue weighted by Gasteiger charge is -2.05. The number of aldehydes is 1. The van der Waals surface area contributed by atoms with E-state index in [1.807, 2.05) is 4.68 Å². The molecule has 1 fully saturated rings. The van der Waals surface area contributed by atoms with Crippen LogP contribution < -0.4 is 0 Å². The number of hydrogen-bond donors (Lipinski definition) is 0. The van der Waals surface area contributed by atoms with Gasteiger partial charge in [-0.2, -0.15) is 0 Å². The molecule has 0 radical (unpaired) electrons. The van der Waals surface area contributed by atoms with Crippen molar-refractivity contribution in [2.24, 2.45) is 0 Å². The summed E-state index contributed by atoms with van der Waals surface area (Å²) in [6, 6.07) is 0. The molecule has 88 valence electrons. The van der Waals surface area contributed by atoms with Gasteiger partial charge in [0.25, 0.3) is 0 Å². The maximum absolute atomic E-state index is 10.8. The summed E-state index contributed by atoms with van der Waals surface area (Å²) < 4.78 is 6.88. The summed E-state index contributed by atoms with van der Waals surface area (Å²) in [4.78, 5) is 10.8. The number of unbranched alkanes of at least 4 members (excludes halogenated alkanes) is 1. The Kier molecular flexibility index (Phi) is 3.66. The first-order valence-corrected chi connectivity index (χ1v) is 5.74. The molecule has 0 N–H and O–H groups in total. The molecule has 1 aliphatic carbocycles. The number of ether oxygens (including phenoxy) is 1. The summed E-state index contributed by atoms with van der Waals surface area (Å²) in [5.74, 6) is 0.512. The Morgan fingerprint density at radius 3 is 2.94 bits per heavy atom. The van der Waals surface area contributed by atoms with Crippen molar-refractivity contribution in [2.45, 2.75) is 38.1 Å². The van der Waals surface area contributed by atoms with Crippen LogP contribution in [-0.2, 0) is 11.3 Å². The Morgan fingerprint density at radius 1 is 1.50 bits per heavy atom. The molecule has 1 aromatic heterocycles. The fourth-order valence-electron chi connectivity index (χ4n) is 1.87. The number of hydrogen-bond acceptors (Lipinski definition) is 4. The predicted octanol–water partition coefficient (Wildman–Crippen LogP) is 1.39. The fourth-order valence-corrected chi connectivity index (χ4v) is 1.87. The van der Waals surface area contributed by atoms with Gasteiger partial charge in [0.15, 0.2) is 6.29 Å². The molecule has 16 heavy (non-hydrogen) atoms. The highest BCUT2D eigenvalue weighted by atomic mass is 16.5. The van der Waals surface area contributed by atoms with Crippen LogP contribution in [0.4, 0.5) is 0 Å². The van der Waals surface area contributed by atoms with E-state index in [4.69, 9.17) is 4.74 Å². The lowest BCUT2D eigenvalue weighted by molar-refractivity contribution is 0.111. The third-order valence-corrected chi connectivity index (χ3v) is 2.84. The number of carbonyl (C=O) groups excluding carboxylic acids is 1. The van der Waals surface area contributed by atoms with E-state index in [9.17, 15) is 4.79 Å². The van der Waals surface area contributed by atoms with E-state index in [1.54, 1.807) is 7.11 Å². The van der Waals surface area contributed by atoms with Crippen molar-refractivity contribution >= 4 is 6.29 Å². The van der Waals surface area contributed by atoms with Crippen LogP contribution in [0, 0.1) is 0 Å². The van der Waals surface area contributed by atoms with Crippen LogP contribution in [-0.4, -0.2) is 35.0 Å². The van der Waals surface area contributed by atoms with Gasteiger partial charge in [-0.05, 0) is 25.7 Å². The number of methoxy groups -OCH3 is 1. The van der Waals surface area contributed by atoms with Gasteiger partial charge in [-0.15, -0.1) is 5.10 Å². The summed E-state index contributed by atoms with van der Waals surface area (Å²) in [6.45, 7) is 1.60. The number of nitrogens with zero attached hydrogens (tertiary/aromatic N) is 3. The highest BCUT2D eigenvalue weighted by Crippen LogP contribution is 2.40. The van der Waals surface area contributed by atoms with Crippen LogP contribution >= 0.6 is 0 Å². The predicted molar refractivity (Wildman–Crippen MR) is 58.5 cm³/mol. The Labute approximate surface area is 94.8 Å². The molecule has 0 aromatic carbocycles. The Morgan fingerprint density at radius 2 is 2.31 bits per heavy atom. The minimum absolute atomic E-state index is 0.512. The van der Waals surface area contributed by atoms with E-state index >= 15 is 0 Å². The standard InChI is InChI=1S/C11H17N3O2/c1-16-7-3-2-6-14-11(9-4-5-9)10(8-15)12-13-14/h8-9H,2-7H2,1H3. The second-order valence-electron chi connectivity index (χ2n) is 4.18. The lowest BCUT2D eigenvalue weighted by Crippen LogP contribution is -2.06. The van der Waals surface area contributed by atoms with Gasteiger partial charge < -0.3 is 4.74 Å². The zero-order valence-corrected chi connectivity index (χ0v) is 9.56. The van der Waals surface area contributed by atoms with Crippen molar-refractivity contribution in [1.29, 1.82) is 0 Å². The molecule has 0 aliphatic heterocycles. The van der Waals surface area contributed by atoms with E-state index < -0.39 is 0 Å². The molecular weight excluding hydrogens is 206 g/mol. The molecule has 1 heterocycles. The fraction of sp³-hybridized carbons (Fsp3) is 0.727. The quantitative estimate of drug-likeness (QED) is 0.518. The average Bonchev–Trinajstić information content (AvgIpc) is 3.06. The summed E-state index contributed by atoms with van der Waals surface area (Å²) in [6.07, 6.45) is 5.15. The van der Waals surface area contributed by atoms with Crippen molar-refractivity contribution < 1.29 is 9.53 Å². The van der Waals surface area contributed by atoms with Crippen molar-refractivity contribution in [2.75, 3.05) is 13.7 Å². The number of carbonyl (C=O) groups is 1. The van der Waals surface area contributed by atoms with Crippen LogP contribution in [0.3, 0.4) is 0 Å². The molecule has 0 saturated heterocycles. The zero-order chi connectivity index (χ0) is 11.4. The molecule has 1 aromatic rings. The minimum Gasteiger partial charge on any atom is -0.385 e. The molecular formula is C11H17N3O2. The molecule has 0 bridgehead atoms. The first kappa shape index (κ1) is 11.3. The Hall–Kier alpha value is -1.23. The van der Waals surface area contributed by atoms with Crippen molar-refractivity contribution in [3.8, 4) is 0 Å². The first-order chi connectivity index (χ1) is 7.86. The molecule has 1 aliphatic rings. The molecule has 5 heteroatoms. The number of rotatable bonds is 7. The maximum Gasteiger partial charge on any atom is 0.172 e. The second-order valence-corrected chi connectivity index (χ2v) is 4.18. The third-order valence-electron chi connectivity index (χ3n) is 2.84. The molecule has 2 rings (SSSR count). The van der Waals surface area contributed by atoms with E-state index in [0.29, 0.717) is 11.6 Å². The summed E-state index contributed by atoms with van der Waals surface area (Å²) in [5, 5.41) is 7.95. The Bertz CT molecular complexity index is 358. The maximum atomic E-state index is 10.8. The van der Waals surface area contributed by atoms with Gasteiger partial charge in [0.1, 0.15) is 5.69 Å². The average molecular weight is 223 g/mol. The normalized spacial score (nSPS) is 15.3. The van der Waals surface area contributed by atoms with Gasteiger partial charge >= 0.3 is 0 Å². The van der Waals surface area contributed by atoms with E-state index in [1.165, 1.54) is 0 Å².